The van der Waals surface area contributed by atoms with Crippen molar-refractivity contribution in [1.82, 2.24) is 0 Å². The summed E-state index contributed by atoms with van der Waals surface area (Å²) in [5.41, 5.74) is 19.1. The highest BCUT2D eigenvalue weighted by Crippen LogP contribution is 2.46. The average molecular weight is 842 g/mol. The van der Waals surface area contributed by atoms with Crippen molar-refractivity contribution < 1.29 is 4.42 Å². The summed E-state index contributed by atoms with van der Waals surface area (Å²) in [7, 11) is 0. The zero-order valence-electron chi connectivity index (χ0n) is 36.2. The Balaban J connectivity index is 1.00. The molecule has 1 aromatic heterocycles. The second kappa shape index (κ2) is 16.8. The molecule has 66 heavy (non-hydrogen) atoms. The maximum atomic E-state index is 6.30. The van der Waals surface area contributed by atoms with Gasteiger partial charge in [-0.15, -0.1) is 0 Å². The molecule has 310 valence electrons. The van der Waals surface area contributed by atoms with Crippen molar-refractivity contribution in [1.29, 1.82) is 0 Å². The highest BCUT2D eigenvalue weighted by Gasteiger charge is 2.21. The maximum absolute atomic E-state index is 6.30. The Hall–Kier alpha value is -8.72. The highest BCUT2D eigenvalue weighted by atomic mass is 16.3. The molecule has 1 heterocycles. The van der Waals surface area contributed by atoms with Crippen LogP contribution in [0.1, 0.15) is 0 Å². The number of hydrogen-bond donors (Lipinski definition) is 0. The minimum atomic E-state index is 0.892. The van der Waals surface area contributed by atoms with Crippen molar-refractivity contribution in [3.63, 3.8) is 0 Å². The lowest BCUT2D eigenvalue weighted by atomic mass is 9.87. The van der Waals surface area contributed by atoms with Gasteiger partial charge < -0.3 is 9.32 Å². The molecule has 12 rings (SSSR count). The Morgan fingerprint density at radius 1 is 0.242 bits per heavy atom. The highest BCUT2D eigenvalue weighted by molar-refractivity contribution is 6.06. The molecule has 0 bridgehead atoms. The summed E-state index contributed by atoms with van der Waals surface area (Å²) < 4.78 is 6.30. The summed E-state index contributed by atoms with van der Waals surface area (Å²) in [4.78, 5) is 2.40. The molecular weight excluding hydrogens is 799 g/mol. The van der Waals surface area contributed by atoms with E-state index in [0.717, 1.165) is 61.3 Å². The van der Waals surface area contributed by atoms with E-state index in [1.54, 1.807) is 0 Å². The molecule has 0 aliphatic rings. The van der Waals surface area contributed by atoms with Crippen LogP contribution in [0.4, 0.5) is 17.1 Å². The fourth-order valence-corrected chi connectivity index (χ4v) is 9.70. The molecule has 0 saturated carbocycles. The third-order valence-corrected chi connectivity index (χ3v) is 12.9. The van der Waals surface area contributed by atoms with E-state index < -0.39 is 0 Å². The number of para-hydroxylation sites is 2. The van der Waals surface area contributed by atoms with Crippen LogP contribution in [0.15, 0.2) is 265 Å². The summed E-state index contributed by atoms with van der Waals surface area (Å²) in [6.07, 6.45) is 0. The van der Waals surface area contributed by atoms with E-state index in [1.807, 2.05) is 12.1 Å². The van der Waals surface area contributed by atoms with Crippen LogP contribution in [0.25, 0.3) is 99.5 Å². The van der Waals surface area contributed by atoms with Crippen LogP contribution in [-0.4, -0.2) is 0 Å². The van der Waals surface area contributed by atoms with Crippen LogP contribution in [0.2, 0.25) is 0 Å². The van der Waals surface area contributed by atoms with Crippen molar-refractivity contribution in [2.45, 2.75) is 0 Å². The lowest BCUT2D eigenvalue weighted by Crippen LogP contribution is -2.11. The molecule has 2 heteroatoms. The second-order valence-corrected chi connectivity index (χ2v) is 16.8. The molecule has 0 N–H and O–H groups in total. The van der Waals surface area contributed by atoms with E-state index in [9.17, 15) is 0 Å². The van der Waals surface area contributed by atoms with Gasteiger partial charge in [0.15, 0.2) is 0 Å². The molecule has 0 spiro atoms. The number of benzene rings is 11. The van der Waals surface area contributed by atoms with Crippen LogP contribution in [-0.2, 0) is 0 Å². The summed E-state index contributed by atoms with van der Waals surface area (Å²) in [6.45, 7) is 0. The predicted molar refractivity (Wildman–Crippen MR) is 279 cm³/mol. The molecule has 12 aromatic rings. The monoisotopic (exact) mass is 841 g/mol. The van der Waals surface area contributed by atoms with Gasteiger partial charge in [0.2, 0.25) is 0 Å². The van der Waals surface area contributed by atoms with Gasteiger partial charge in [-0.1, -0.05) is 206 Å². The van der Waals surface area contributed by atoms with Crippen LogP contribution in [0.3, 0.4) is 0 Å². The molecule has 2 nitrogen and oxygen atoms in total. The van der Waals surface area contributed by atoms with Gasteiger partial charge in [-0.25, -0.2) is 0 Å². The van der Waals surface area contributed by atoms with E-state index >= 15 is 0 Å². The van der Waals surface area contributed by atoms with Gasteiger partial charge >= 0.3 is 0 Å². The smallest absolute Gasteiger partial charge is 0.136 e. The molecule has 0 aliphatic heterocycles. The van der Waals surface area contributed by atoms with Crippen molar-refractivity contribution >= 4 is 49.8 Å². The Kier molecular flexibility index (Phi) is 9.89. The van der Waals surface area contributed by atoms with E-state index in [-0.39, 0.29) is 0 Å². The second-order valence-electron chi connectivity index (χ2n) is 16.8. The summed E-state index contributed by atoms with van der Waals surface area (Å²) >= 11 is 0. The zero-order chi connectivity index (χ0) is 43.8. The quantitative estimate of drug-likeness (QED) is 0.144. The molecule has 0 atom stereocenters. The fourth-order valence-electron chi connectivity index (χ4n) is 9.70. The van der Waals surface area contributed by atoms with E-state index in [2.05, 4.69) is 254 Å². The third-order valence-electron chi connectivity index (χ3n) is 12.9. The lowest BCUT2D eigenvalue weighted by molar-refractivity contribution is 0.669. The fraction of sp³-hybridized carbons (Fsp3) is 0. The molecule has 0 radical (unpaired) electrons. The van der Waals surface area contributed by atoms with Gasteiger partial charge in [0.1, 0.15) is 11.2 Å². The van der Waals surface area contributed by atoms with Crippen LogP contribution in [0.5, 0.6) is 0 Å². The topological polar surface area (TPSA) is 16.4 Å². The third kappa shape index (κ3) is 7.12. The molecule has 11 aromatic carbocycles. The Morgan fingerprint density at radius 3 is 1.47 bits per heavy atom. The Labute approximate surface area is 384 Å². The predicted octanol–water partition coefficient (Wildman–Crippen LogP) is 18.2. The van der Waals surface area contributed by atoms with Crippen LogP contribution < -0.4 is 4.90 Å². The average Bonchev–Trinajstić information content (AvgIpc) is 3.78. The van der Waals surface area contributed by atoms with Crippen molar-refractivity contribution in [3.05, 3.63) is 261 Å². The minimum absolute atomic E-state index is 0.892. The van der Waals surface area contributed by atoms with E-state index in [4.69, 9.17) is 4.42 Å². The van der Waals surface area contributed by atoms with Gasteiger partial charge in [0.25, 0.3) is 0 Å². The van der Waals surface area contributed by atoms with Gasteiger partial charge in [0, 0.05) is 27.7 Å². The normalized spacial score (nSPS) is 11.3. The first-order valence-corrected chi connectivity index (χ1v) is 22.6. The number of furan rings is 1. The maximum Gasteiger partial charge on any atom is 0.136 e. The molecule has 0 amide bonds. The number of hydrogen-bond acceptors (Lipinski definition) is 2. The zero-order valence-corrected chi connectivity index (χ0v) is 36.2. The van der Waals surface area contributed by atoms with Crippen molar-refractivity contribution in [3.8, 4) is 66.8 Å². The molecule has 0 saturated heterocycles. The van der Waals surface area contributed by atoms with Crippen molar-refractivity contribution in [2.24, 2.45) is 0 Å². The number of nitrogens with zero attached hydrogens (tertiary/aromatic N) is 1. The van der Waals surface area contributed by atoms with Gasteiger partial charge in [-0.05, 0) is 127 Å². The lowest BCUT2D eigenvalue weighted by Gasteiger charge is -2.29. The summed E-state index contributed by atoms with van der Waals surface area (Å²) in [6, 6.07) is 94.0. The van der Waals surface area contributed by atoms with Crippen molar-refractivity contribution in [2.75, 3.05) is 4.90 Å². The Morgan fingerprint density at radius 2 is 0.712 bits per heavy atom. The van der Waals surface area contributed by atoms with Gasteiger partial charge in [-0.2, -0.15) is 0 Å². The summed E-state index contributed by atoms with van der Waals surface area (Å²) in [5, 5.41) is 4.74. The largest absolute Gasteiger partial charge is 0.456 e. The first-order chi connectivity index (χ1) is 32.7. The molecule has 0 fully saturated rings. The van der Waals surface area contributed by atoms with Gasteiger partial charge in [-0.3, -0.25) is 0 Å². The SMILES string of the molecule is c1ccc(-c2ccc(-c3ccccc3-c3ccccc3N(c3ccc(-c4ccc5c(c4)oc4ccccc45)cc3)c3ccc(-c4cccc5ccccc45)cc3)c(-c3ccccc3)c2)cc1. The van der Waals surface area contributed by atoms with E-state index in [0.29, 0.717) is 0 Å². The number of rotatable bonds is 9. The van der Waals surface area contributed by atoms with Crippen LogP contribution in [0, 0.1) is 0 Å². The molecule has 0 unspecified atom stereocenters. The minimum Gasteiger partial charge on any atom is -0.456 e. The first-order valence-electron chi connectivity index (χ1n) is 22.6. The summed E-state index contributed by atoms with van der Waals surface area (Å²) in [5.74, 6) is 0. The standard InChI is InChI=1S/C64H43NO/c1-3-16-44(17-4-1)49-34-40-57(61(42-49)47-18-5-2-6-19-47)55-23-9-10-24-56(55)58-25-11-13-28-62(58)65(52-38-32-48(33-39-52)54-27-15-21-46-20-7-8-22-53(46)54)51-36-30-45(31-37-51)50-35-41-60-59-26-12-14-29-63(59)66-64(60)43-50/h1-43H. The van der Waals surface area contributed by atoms with Crippen LogP contribution >= 0.6 is 0 Å². The van der Waals surface area contributed by atoms with E-state index in [1.165, 1.54) is 55.3 Å². The molecule has 0 aliphatic carbocycles. The Bertz CT molecular complexity index is 3680. The number of anilines is 3. The molecular formula is C64H43NO. The first kappa shape index (κ1) is 38.9. The number of fused-ring (bicyclic) bond motifs is 4. The van der Waals surface area contributed by atoms with Gasteiger partial charge in [0.05, 0.1) is 5.69 Å².